The molecule has 36 valence electrons. The van der Waals surface area contributed by atoms with Gasteiger partial charge in [-0.2, -0.15) is 0 Å². The molecule has 0 amide bonds. The molecule has 0 aromatic heterocycles. The zero-order chi connectivity index (χ0) is 5.54. The maximum Gasteiger partial charge on any atom is 0.220 e. The molecule has 0 rings (SSSR count). The average molecular weight is 96.1 g/mol. The van der Waals surface area contributed by atoms with Crippen molar-refractivity contribution in [1.82, 2.24) is 0 Å². The zero-order valence-corrected chi connectivity index (χ0v) is 3.70. The second-order valence-corrected chi connectivity index (χ2v) is 0.836. The van der Waals surface area contributed by atoms with Crippen LogP contribution >= 0.6 is 0 Å². The summed E-state index contributed by atoms with van der Waals surface area (Å²) in [5, 5.41) is 3.13. The van der Waals surface area contributed by atoms with Crippen LogP contribution in [-0.4, -0.2) is 13.1 Å². The van der Waals surface area contributed by atoms with Crippen molar-refractivity contribution in [1.29, 1.82) is 0 Å². The van der Waals surface area contributed by atoms with Gasteiger partial charge in [-0.05, 0) is 5.53 Å². The monoisotopic (exact) mass is 96.0 g/mol. The fraction of sp³-hybridized carbons (Fsp3) is 0.667. The summed E-state index contributed by atoms with van der Waals surface area (Å²) in [5.41, 5.74) is 7.65. The van der Waals surface area contributed by atoms with Crippen LogP contribution in [0.1, 0.15) is 0 Å². The minimum Gasteiger partial charge on any atom is -0.317 e. The van der Waals surface area contributed by atoms with E-state index in [1.807, 2.05) is 0 Å². The third kappa shape index (κ3) is 4.80. The number of hydrogen-bond donors (Lipinski definition) is 0. The van der Waals surface area contributed by atoms with Crippen LogP contribution in [0.15, 0.2) is 5.11 Å². The number of hydrogen-bond acceptors (Lipinski definition) is 1. The summed E-state index contributed by atoms with van der Waals surface area (Å²) in [6, 6.07) is 0. The Labute approximate surface area is 41.2 Å². The zero-order valence-electron chi connectivity index (χ0n) is 3.70. The van der Waals surface area contributed by atoms with Gasteiger partial charge in [-0.1, -0.05) is 5.11 Å². The molecule has 0 spiro atoms. The molecule has 4 nitrogen and oxygen atoms in total. The van der Waals surface area contributed by atoms with Gasteiger partial charge >= 0.3 is 0 Å². The number of rotatable bonds is 2. The van der Waals surface area contributed by atoms with E-state index >= 15 is 0 Å². The van der Waals surface area contributed by atoms with E-state index < -0.39 is 0 Å². The molecule has 0 atom stereocenters. The topological polar surface area (TPSA) is 53.1 Å². The van der Waals surface area contributed by atoms with Crippen molar-refractivity contribution in [3.05, 3.63) is 21.9 Å². The Hall–Kier alpha value is -1.20. The van der Waals surface area contributed by atoms with Crippen molar-refractivity contribution in [2.45, 2.75) is 0 Å². The van der Waals surface area contributed by atoms with Gasteiger partial charge in [0.05, 0.1) is 6.54 Å². The second-order valence-electron chi connectivity index (χ2n) is 0.836. The lowest BCUT2D eigenvalue weighted by Crippen LogP contribution is -1.77. The molecule has 0 aromatic rings. The van der Waals surface area contributed by atoms with Crippen LogP contribution in [0.5, 0.6) is 0 Å². The lowest BCUT2D eigenvalue weighted by Gasteiger charge is -1.68. The van der Waals surface area contributed by atoms with Crippen LogP contribution < -0.4 is 0 Å². The summed E-state index contributed by atoms with van der Waals surface area (Å²) < 4.78 is 0. The van der Waals surface area contributed by atoms with Crippen LogP contribution in [0.4, 0.5) is 0 Å². The third-order valence-corrected chi connectivity index (χ3v) is 0.375. The molecule has 0 unspecified atom stereocenters. The van der Waals surface area contributed by atoms with Gasteiger partial charge in [-0.15, -0.1) is 0 Å². The molecule has 0 bridgehead atoms. The molecule has 0 aliphatic rings. The highest BCUT2D eigenvalue weighted by atomic mass is 15.1. The van der Waals surface area contributed by atoms with Crippen LogP contribution in [-0.2, 0) is 0 Å². The van der Waals surface area contributed by atoms with E-state index in [-0.39, 0.29) is 0 Å². The minimum absolute atomic E-state index is 0.292. The first-order valence-electron chi connectivity index (χ1n) is 1.76. The molecule has 0 heterocycles. The quantitative estimate of drug-likeness (QED) is 0.163. The molecule has 0 saturated heterocycles. The molecule has 0 fully saturated rings. The third-order valence-electron chi connectivity index (χ3n) is 0.375. The first-order chi connectivity index (χ1) is 3.41. The molecule has 0 radical (unpaired) electrons. The first kappa shape index (κ1) is 5.80. The molecular formula is C3H4N4. The standard InChI is InChI=1S/C3H4N4/c1-5-2-3-6-7-4/h2-3H2. The van der Waals surface area contributed by atoms with Gasteiger partial charge in [0.2, 0.25) is 6.54 Å². The molecule has 7 heavy (non-hydrogen) atoms. The predicted molar refractivity (Wildman–Crippen MR) is 25.5 cm³/mol. The van der Waals surface area contributed by atoms with Gasteiger partial charge < -0.3 is 4.85 Å². The van der Waals surface area contributed by atoms with Crippen molar-refractivity contribution < 1.29 is 0 Å². The van der Waals surface area contributed by atoms with Gasteiger partial charge in [0.1, 0.15) is 0 Å². The van der Waals surface area contributed by atoms with Crippen LogP contribution in [0.25, 0.3) is 15.3 Å². The predicted octanol–water partition coefficient (Wildman–Crippen LogP) is 1.22. The van der Waals surface area contributed by atoms with E-state index in [0.29, 0.717) is 13.1 Å². The Morgan fingerprint density at radius 3 is 2.86 bits per heavy atom. The van der Waals surface area contributed by atoms with Gasteiger partial charge in [-0.25, -0.2) is 6.57 Å². The Kier molecular flexibility index (Phi) is 3.98. The highest BCUT2D eigenvalue weighted by molar-refractivity contribution is 4.60. The van der Waals surface area contributed by atoms with Crippen molar-refractivity contribution >= 4 is 0 Å². The number of nitrogens with zero attached hydrogens (tertiary/aromatic N) is 4. The Morgan fingerprint density at radius 1 is 1.71 bits per heavy atom. The highest BCUT2D eigenvalue weighted by Crippen LogP contribution is 1.70. The Balaban J connectivity index is 3.03. The summed E-state index contributed by atoms with van der Waals surface area (Å²) >= 11 is 0. The van der Waals surface area contributed by atoms with E-state index in [4.69, 9.17) is 12.1 Å². The van der Waals surface area contributed by atoms with Crippen molar-refractivity contribution in [2.75, 3.05) is 13.1 Å². The van der Waals surface area contributed by atoms with Crippen LogP contribution in [0, 0.1) is 6.57 Å². The smallest absolute Gasteiger partial charge is 0.220 e. The fourth-order valence-electron chi connectivity index (χ4n) is 0.139. The fourth-order valence-corrected chi connectivity index (χ4v) is 0.139. The maximum absolute atomic E-state index is 7.65. The summed E-state index contributed by atoms with van der Waals surface area (Å²) in [6.45, 7) is 6.81. The lowest BCUT2D eigenvalue weighted by molar-refractivity contribution is 1.06. The van der Waals surface area contributed by atoms with Crippen LogP contribution in [0.2, 0.25) is 0 Å². The molecule has 0 aromatic carbocycles. The van der Waals surface area contributed by atoms with Gasteiger partial charge in [0, 0.05) is 4.91 Å². The molecule has 0 aliphatic carbocycles. The summed E-state index contributed by atoms with van der Waals surface area (Å²) in [6.07, 6.45) is 0. The second kappa shape index (κ2) is 4.80. The van der Waals surface area contributed by atoms with Gasteiger partial charge in [-0.3, -0.25) is 0 Å². The first-order valence-corrected chi connectivity index (χ1v) is 1.76. The molecule has 0 N–H and O–H groups in total. The van der Waals surface area contributed by atoms with Crippen LogP contribution in [0.3, 0.4) is 0 Å². The lowest BCUT2D eigenvalue weighted by atomic mass is 10.7. The summed E-state index contributed by atoms with van der Waals surface area (Å²) in [5.74, 6) is 0. The molecule has 4 heteroatoms. The maximum atomic E-state index is 7.65. The Bertz CT molecular complexity index is 115. The highest BCUT2D eigenvalue weighted by Gasteiger charge is 1.76. The molecule has 0 aliphatic heterocycles. The van der Waals surface area contributed by atoms with E-state index in [9.17, 15) is 0 Å². The summed E-state index contributed by atoms with van der Waals surface area (Å²) in [4.78, 5) is 5.41. The Morgan fingerprint density at radius 2 is 2.43 bits per heavy atom. The van der Waals surface area contributed by atoms with Crippen molar-refractivity contribution in [2.24, 2.45) is 5.11 Å². The SMILES string of the molecule is [C-]#[N+]CCN=[N+]=[N-]. The van der Waals surface area contributed by atoms with Gasteiger partial charge in [0.15, 0.2) is 0 Å². The number of azide groups is 1. The summed E-state index contributed by atoms with van der Waals surface area (Å²) in [7, 11) is 0. The van der Waals surface area contributed by atoms with Gasteiger partial charge in [0.25, 0.3) is 0 Å². The molecular weight excluding hydrogens is 92.1 g/mol. The van der Waals surface area contributed by atoms with E-state index in [1.54, 1.807) is 0 Å². The van der Waals surface area contributed by atoms with E-state index in [2.05, 4.69) is 14.9 Å². The largest absolute Gasteiger partial charge is 0.317 e. The van der Waals surface area contributed by atoms with Crippen molar-refractivity contribution in [3.8, 4) is 0 Å². The van der Waals surface area contributed by atoms with E-state index in [0.717, 1.165) is 0 Å². The normalized spacial score (nSPS) is 6.14. The minimum atomic E-state index is 0.292. The van der Waals surface area contributed by atoms with E-state index in [1.165, 1.54) is 0 Å². The van der Waals surface area contributed by atoms with Crippen molar-refractivity contribution in [3.63, 3.8) is 0 Å². The average Bonchev–Trinajstić information content (AvgIpc) is 1.69. The molecule has 0 saturated carbocycles.